The van der Waals surface area contributed by atoms with Gasteiger partial charge >= 0.3 is 5.97 Å². The fourth-order valence-electron chi connectivity index (χ4n) is 2.29. The topological polar surface area (TPSA) is 63.3 Å². The Labute approximate surface area is 101 Å². The molecule has 16 heavy (non-hydrogen) atoms. The van der Waals surface area contributed by atoms with Crippen molar-refractivity contribution < 1.29 is 9.90 Å². The minimum absolute atomic E-state index is 0. The van der Waals surface area contributed by atoms with Crippen LogP contribution in [-0.2, 0) is 10.3 Å². The molecule has 3 N–H and O–H groups in total. The number of hydrogen-bond donors (Lipinski definition) is 2. The second-order valence-corrected chi connectivity index (χ2v) is 4.30. The number of hydrogen-bond acceptors (Lipinski definition) is 2. The van der Waals surface area contributed by atoms with Crippen molar-refractivity contribution >= 4 is 18.4 Å². The van der Waals surface area contributed by atoms with E-state index in [1.807, 2.05) is 24.3 Å². The Morgan fingerprint density at radius 3 is 2.75 bits per heavy atom. The van der Waals surface area contributed by atoms with Crippen molar-refractivity contribution in [2.24, 2.45) is 5.73 Å². The van der Waals surface area contributed by atoms with Crippen LogP contribution < -0.4 is 5.73 Å². The highest BCUT2D eigenvalue weighted by atomic mass is 35.5. The summed E-state index contributed by atoms with van der Waals surface area (Å²) in [5, 5.41) is 9.21. The number of nitrogens with two attached hydrogens (primary N) is 1. The number of fused-ring (bicyclic) bond motifs is 1. The van der Waals surface area contributed by atoms with Crippen LogP contribution in [-0.4, -0.2) is 11.1 Å². The van der Waals surface area contributed by atoms with E-state index in [4.69, 9.17) is 5.73 Å². The number of halogens is 1. The summed E-state index contributed by atoms with van der Waals surface area (Å²) in [5.41, 5.74) is 6.64. The Bertz CT molecular complexity index is 408. The van der Waals surface area contributed by atoms with Gasteiger partial charge in [-0.15, -0.1) is 12.4 Å². The molecule has 1 aliphatic carbocycles. The maximum Gasteiger partial charge on any atom is 0.328 e. The van der Waals surface area contributed by atoms with Gasteiger partial charge in [0.05, 0.1) is 0 Å². The molecule has 0 saturated heterocycles. The molecule has 0 bridgehead atoms. The Morgan fingerprint density at radius 2 is 2.12 bits per heavy atom. The average molecular weight is 242 g/mol. The fourth-order valence-corrected chi connectivity index (χ4v) is 2.29. The van der Waals surface area contributed by atoms with Gasteiger partial charge in [0, 0.05) is 0 Å². The maximum absolute atomic E-state index is 11.2. The van der Waals surface area contributed by atoms with Crippen molar-refractivity contribution in [3.8, 4) is 0 Å². The van der Waals surface area contributed by atoms with Crippen LogP contribution in [0.4, 0.5) is 0 Å². The van der Waals surface area contributed by atoms with Crippen LogP contribution in [0.2, 0.25) is 0 Å². The van der Waals surface area contributed by atoms with Crippen molar-refractivity contribution in [2.75, 3.05) is 0 Å². The molecule has 0 amide bonds. The van der Waals surface area contributed by atoms with Gasteiger partial charge in [0.15, 0.2) is 0 Å². The quantitative estimate of drug-likeness (QED) is 0.793. The van der Waals surface area contributed by atoms with E-state index in [0.29, 0.717) is 12.3 Å². The van der Waals surface area contributed by atoms with E-state index in [1.54, 1.807) is 0 Å². The van der Waals surface area contributed by atoms with Crippen molar-refractivity contribution in [3.05, 3.63) is 35.4 Å². The van der Waals surface area contributed by atoms with Crippen molar-refractivity contribution in [3.63, 3.8) is 0 Å². The zero-order valence-electron chi connectivity index (χ0n) is 9.14. The van der Waals surface area contributed by atoms with Gasteiger partial charge in [-0.05, 0) is 29.9 Å². The van der Waals surface area contributed by atoms with Crippen molar-refractivity contribution in [2.45, 2.75) is 31.2 Å². The van der Waals surface area contributed by atoms with Gasteiger partial charge < -0.3 is 10.8 Å². The van der Waals surface area contributed by atoms with Gasteiger partial charge in [0.1, 0.15) is 5.54 Å². The molecule has 88 valence electrons. The third-order valence-electron chi connectivity index (χ3n) is 3.33. The maximum atomic E-state index is 11.2. The molecule has 2 unspecified atom stereocenters. The molecule has 0 spiro atoms. The first-order valence-electron chi connectivity index (χ1n) is 5.17. The fraction of sp³-hybridized carbons (Fsp3) is 0.417. The number of carboxylic acids is 1. The number of benzene rings is 1. The first-order valence-corrected chi connectivity index (χ1v) is 5.17. The van der Waals surface area contributed by atoms with E-state index in [2.05, 4.69) is 6.92 Å². The molecular formula is C12H16ClNO2. The monoisotopic (exact) mass is 241 g/mol. The van der Waals surface area contributed by atoms with E-state index in [1.165, 1.54) is 0 Å². The van der Waals surface area contributed by atoms with Gasteiger partial charge in [0.25, 0.3) is 0 Å². The predicted molar refractivity (Wildman–Crippen MR) is 64.8 cm³/mol. The molecule has 0 radical (unpaired) electrons. The van der Waals surface area contributed by atoms with Gasteiger partial charge in [-0.3, -0.25) is 0 Å². The summed E-state index contributed by atoms with van der Waals surface area (Å²) >= 11 is 0. The lowest BCUT2D eigenvalue weighted by atomic mass is 9.73. The van der Waals surface area contributed by atoms with Crippen LogP contribution in [0.25, 0.3) is 0 Å². The highest BCUT2D eigenvalue weighted by molar-refractivity contribution is 5.85. The number of rotatable bonds is 1. The number of aliphatic carboxylic acids is 1. The molecule has 4 heteroatoms. The molecule has 0 heterocycles. The van der Waals surface area contributed by atoms with Gasteiger partial charge in [-0.2, -0.15) is 0 Å². The van der Waals surface area contributed by atoms with E-state index in [9.17, 15) is 9.90 Å². The number of carbonyl (C=O) groups is 1. The second kappa shape index (κ2) is 4.44. The summed E-state index contributed by atoms with van der Waals surface area (Å²) in [6.45, 7) is 2.11. The number of carboxylic acid groups (broad SMARTS) is 1. The summed E-state index contributed by atoms with van der Waals surface area (Å²) in [5.74, 6) is -0.529. The Morgan fingerprint density at radius 1 is 1.50 bits per heavy atom. The molecule has 3 nitrogen and oxygen atoms in total. The zero-order valence-corrected chi connectivity index (χ0v) is 9.96. The Kier molecular flexibility index (Phi) is 3.61. The first kappa shape index (κ1) is 13.0. The van der Waals surface area contributed by atoms with Crippen LogP contribution in [0, 0.1) is 0 Å². The van der Waals surface area contributed by atoms with Crippen LogP contribution in [0.5, 0.6) is 0 Å². The normalized spacial score (nSPS) is 27.8. The van der Waals surface area contributed by atoms with E-state index in [-0.39, 0.29) is 12.4 Å². The van der Waals surface area contributed by atoms with Crippen LogP contribution in [0.15, 0.2) is 24.3 Å². The molecule has 0 saturated carbocycles. The molecule has 1 aromatic carbocycles. The third kappa shape index (κ3) is 1.81. The summed E-state index contributed by atoms with van der Waals surface area (Å²) < 4.78 is 0. The van der Waals surface area contributed by atoms with Crippen LogP contribution in [0.1, 0.15) is 36.8 Å². The standard InChI is InChI=1S/C12H15NO2.ClH/c1-8-6-7-12(13,11(14)15)10-5-3-2-4-9(8)10;/h2-5,8H,6-7,13H2,1H3,(H,14,15);1H. The molecule has 0 fully saturated rings. The highest BCUT2D eigenvalue weighted by Crippen LogP contribution is 2.39. The lowest BCUT2D eigenvalue weighted by molar-refractivity contribution is -0.144. The van der Waals surface area contributed by atoms with Gasteiger partial charge in [0.2, 0.25) is 0 Å². The zero-order chi connectivity index (χ0) is 11.1. The SMILES string of the molecule is CC1CCC(N)(C(=O)O)c2ccccc21.Cl. The average Bonchev–Trinajstić information content (AvgIpc) is 2.24. The Balaban J connectivity index is 0.00000128. The molecule has 2 atom stereocenters. The lowest BCUT2D eigenvalue weighted by Gasteiger charge is -2.34. The largest absolute Gasteiger partial charge is 0.480 e. The minimum Gasteiger partial charge on any atom is -0.480 e. The van der Waals surface area contributed by atoms with Crippen LogP contribution >= 0.6 is 12.4 Å². The minimum atomic E-state index is -1.19. The molecule has 1 aliphatic rings. The van der Waals surface area contributed by atoms with Crippen molar-refractivity contribution in [1.82, 2.24) is 0 Å². The second-order valence-electron chi connectivity index (χ2n) is 4.30. The van der Waals surface area contributed by atoms with Crippen LogP contribution in [0.3, 0.4) is 0 Å². The summed E-state index contributed by atoms with van der Waals surface area (Å²) in [7, 11) is 0. The molecule has 0 aromatic heterocycles. The molecule has 2 rings (SSSR count). The van der Waals surface area contributed by atoms with E-state index < -0.39 is 11.5 Å². The summed E-state index contributed by atoms with van der Waals surface area (Å²) in [6, 6.07) is 7.59. The smallest absolute Gasteiger partial charge is 0.328 e. The van der Waals surface area contributed by atoms with Crippen molar-refractivity contribution in [1.29, 1.82) is 0 Å². The molecule has 1 aromatic rings. The van der Waals surface area contributed by atoms with E-state index in [0.717, 1.165) is 17.5 Å². The van der Waals surface area contributed by atoms with E-state index >= 15 is 0 Å². The molecule has 0 aliphatic heterocycles. The summed E-state index contributed by atoms with van der Waals surface area (Å²) in [4.78, 5) is 11.2. The predicted octanol–water partition coefficient (Wildman–Crippen LogP) is 2.24. The molecular weight excluding hydrogens is 226 g/mol. The van der Waals surface area contributed by atoms with Gasteiger partial charge in [-0.25, -0.2) is 4.79 Å². The Hall–Kier alpha value is -1.06. The highest BCUT2D eigenvalue weighted by Gasteiger charge is 2.41. The third-order valence-corrected chi connectivity index (χ3v) is 3.33. The summed E-state index contributed by atoms with van der Waals surface area (Å²) in [6.07, 6.45) is 1.35. The van der Waals surface area contributed by atoms with Gasteiger partial charge in [-0.1, -0.05) is 31.2 Å². The first-order chi connectivity index (χ1) is 7.05. The lowest BCUT2D eigenvalue weighted by Crippen LogP contribution is -2.47.